The maximum absolute atomic E-state index is 2.39. The van der Waals surface area contributed by atoms with Crippen molar-refractivity contribution in [2.75, 3.05) is 11.9 Å². The molecule has 23 heavy (non-hydrogen) atoms. The highest BCUT2D eigenvalue weighted by Crippen LogP contribution is 2.53. The highest BCUT2D eigenvalue weighted by atomic mass is 15.1. The summed E-state index contributed by atoms with van der Waals surface area (Å²) in [4.78, 5) is 2.38. The zero-order chi connectivity index (χ0) is 17.0. The maximum atomic E-state index is 2.39. The molecule has 3 rings (SSSR count). The molecule has 1 heteroatoms. The summed E-state index contributed by atoms with van der Waals surface area (Å²) in [7, 11) is 2.21. The SMILES string of the molecule is Cc1cccc(N(C)c2cccc3c2C(C)(C)CC3(C)C)c1C. The summed E-state index contributed by atoms with van der Waals surface area (Å²) < 4.78 is 0. The monoisotopic (exact) mass is 307 g/mol. The third-order valence-electron chi connectivity index (χ3n) is 5.63. The quantitative estimate of drug-likeness (QED) is 0.654. The van der Waals surface area contributed by atoms with Gasteiger partial charge < -0.3 is 4.90 Å². The van der Waals surface area contributed by atoms with Crippen molar-refractivity contribution in [2.24, 2.45) is 0 Å². The van der Waals surface area contributed by atoms with Crippen molar-refractivity contribution in [1.29, 1.82) is 0 Å². The van der Waals surface area contributed by atoms with Crippen LogP contribution in [0.25, 0.3) is 0 Å². The van der Waals surface area contributed by atoms with Gasteiger partial charge in [0.2, 0.25) is 0 Å². The second-order valence-electron chi connectivity index (χ2n) is 8.42. The van der Waals surface area contributed by atoms with Gasteiger partial charge in [0.1, 0.15) is 0 Å². The maximum Gasteiger partial charge on any atom is 0.0449 e. The molecule has 0 amide bonds. The van der Waals surface area contributed by atoms with Crippen LogP contribution >= 0.6 is 0 Å². The van der Waals surface area contributed by atoms with E-state index in [1.807, 2.05) is 0 Å². The molecule has 0 radical (unpaired) electrons. The normalized spacial score (nSPS) is 17.9. The molecule has 2 aromatic rings. The van der Waals surface area contributed by atoms with Gasteiger partial charge in [0.15, 0.2) is 0 Å². The van der Waals surface area contributed by atoms with Gasteiger partial charge in [-0.1, -0.05) is 52.0 Å². The van der Waals surface area contributed by atoms with Crippen LogP contribution in [0, 0.1) is 13.8 Å². The first-order chi connectivity index (χ1) is 10.6. The fraction of sp³-hybridized carbons (Fsp3) is 0.455. The number of fused-ring (bicyclic) bond motifs is 1. The van der Waals surface area contributed by atoms with Crippen LogP contribution < -0.4 is 4.90 Å². The first-order valence-corrected chi connectivity index (χ1v) is 8.59. The summed E-state index contributed by atoms with van der Waals surface area (Å²) in [5.74, 6) is 0. The van der Waals surface area contributed by atoms with Gasteiger partial charge >= 0.3 is 0 Å². The van der Waals surface area contributed by atoms with Gasteiger partial charge in [0.25, 0.3) is 0 Å². The van der Waals surface area contributed by atoms with E-state index in [1.165, 1.54) is 40.0 Å². The van der Waals surface area contributed by atoms with E-state index < -0.39 is 0 Å². The second-order valence-corrected chi connectivity index (χ2v) is 8.42. The molecule has 0 atom stereocenters. The number of nitrogens with zero attached hydrogens (tertiary/aromatic N) is 1. The Morgan fingerprint density at radius 2 is 1.43 bits per heavy atom. The molecular formula is C22H29N. The lowest BCUT2D eigenvalue weighted by atomic mass is 9.81. The lowest BCUT2D eigenvalue weighted by molar-refractivity contribution is 0.403. The highest BCUT2D eigenvalue weighted by molar-refractivity contribution is 5.73. The predicted molar refractivity (Wildman–Crippen MR) is 101 cm³/mol. The second kappa shape index (κ2) is 5.12. The first kappa shape index (κ1) is 16.1. The van der Waals surface area contributed by atoms with Gasteiger partial charge in [-0.05, 0) is 65.5 Å². The number of anilines is 2. The molecule has 1 nitrogen and oxygen atoms in total. The van der Waals surface area contributed by atoms with Crippen LogP contribution in [0.1, 0.15) is 56.4 Å². The van der Waals surface area contributed by atoms with Crippen LogP contribution in [0.15, 0.2) is 36.4 Å². The van der Waals surface area contributed by atoms with Crippen LogP contribution in [0.5, 0.6) is 0 Å². The molecule has 0 N–H and O–H groups in total. The van der Waals surface area contributed by atoms with Gasteiger partial charge in [0, 0.05) is 18.4 Å². The van der Waals surface area contributed by atoms with E-state index in [1.54, 1.807) is 0 Å². The smallest absolute Gasteiger partial charge is 0.0449 e. The average molecular weight is 307 g/mol. The molecule has 0 fully saturated rings. The van der Waals surface area contributed by atoms with E-state index in [9.17, 15) is 0 Å². The van der Waals surface area contributed by atoms with Crippen molar-refractivity contribution < 1.29 is 0 Å². The minimum Gasteiger partial charge on any atom is -0.344 e. The van der Waals surface area contributed by atoms with Crippen molar-refractivity contribution in [3.63, 3.8) is 0 Å². The van der Waals surface area contributed by atoms with E-state index in [0.29, 0.717) is 0 Å². The molecule has 0 bridgehead atoms. The third-order valence-corrected chi connectivity index (χ3v) is 5.63. The molecule has 122 valence electrons. The van der Waals surface area contributed by atoms with E-state index in [-0.39, 0.29) is 10.8 Å². The number of rotatable bonds is 2. The summed E-state index contributed by atoms with van der Waals surface area (Å²) >= 11 is 0. The van der Waals surface area contributed by atoms with Crippen molar-refractivity contribution in [3.05, 3.63) is 58.7 Å². The van der Waals surface area contributed by atoms with Crippen LogP contribution in [0.2, 0.25) is 0 Å². The number of hydrogen-bond donors (Lipinski definition) is 0. The van der Waals surface area contributed by atoms with E-state index >= 15 is 0 Å². The standard InChI is InChI=1S/C22H29N/c1-15-10-8-12-18(16(15)2)23(7)19-13-9-11-17-20(19)22(5,6)14-21(17,3)4/h8-13H,14H2,1-7H3. The molecule has 0 aromatic heterocycles. The van der Waals surface area contributed by atoms with Gasteiger partial charge in [-0.2, -0.15) is 0 Å². The lowest BCUT2D eigenvalue weighted by Gasteiger charge is -2.29. The predicted octanol–water partition coefficient (Wildman–Crippen LogP) is 6.03. The number of benzene rings is 2. The molecule has 0 saturated heterocycles. The summed E-state index contributed by atoms with van der Waals surface area (Å²) in [5.41, 5.74) is 8.86. The van der Waals surface area contributed by atoms with Gasteiger partial charge in [0.05, 0.1) is 0 Å². The van der Waals surface area contributed by atoms with Gasteiger partial charge in [-0.15, -0.1) is 0 Å². The molecule has 1 aliphatic rings. The zero-order valence-electron chi connectivity index (χ0n) is 15.6. The summed E-state index contributed by atoms with van der Waals surface area (Å²) in [5, 5.41) is 0. The van der Waals surface area contributed by atoms with Gasteiger partial charge in [-0.25, -0.2) is 0 Å². The van der Waals surface area contributed by atoms with Crippen LogP contribution in [-0.4, -0.2) is 7.05 Å². The Balaban J connectivity index is 2.20. The van der Waals surface area contributed by atoms with Crippen LogP contribution in [0.3, 0.4) is 0 Å². The fourth-order valence-electron chi connectivity index (χ4n) is 4.61. The fourth-order valence-corrected chi connectivity index (χ4v) is 4.61. The first-order valence-electron chi connectivity index (χ1n) is 8.59. The van der Waals surface area contributed by atoms with Crippen molar-refractivity contribution in [1.82, 2.24) is 0 Å². The molecule has 0 unspecified atom stereocenters. The summed E-state index contributed by atoms with van der Waals surface area (Å²) in [6.07, 6.45) is 1.20. The Kier molecular flexibility index (Phi) is 3.59. The van der Waals surface area contributed by atoms with E-state index in [4.69, 9.17) is 0 Å². The number of hydrogen-bond acceptors (Lipinski definition) is 1. The molecule has 1 aliphatic carbocycles. The van der Waals surface area contributed by atoms with Crippen molar-refractivity contribution in [2.45, 2.75) is 58.8 Å². The molecular weight excluding hydrogens is 278 g/mol. The zero-order valence-corrected chi connectivity index (χ0v) is 15.6. The Labute approximate surface area is 141 Å². The minimum absolute atomic E-state index is 0.210. The van der Waals surface area contributed by atoms with Gasteiger partial charge in [-0.3, -0.25) is 0 Å². The molecule has 0 spiro atoms. The molecule has 0 aliphatic heterocycles. The van der Waals surface area contributed by atoms with E-state index in [2.05, 4.69) is 89.9 Å². The molecule has 2 aromatic carbocycles. The number of aryl methyl sites for hydroxylation is 1. The Morgan fingerprint density at radius 1 is 0.826 bits per heavy atom. The van der Waals surface area contributed by atoms with E-state index in [0.717, 1.165) is 0 Å². The molecule has 0 saturated carbocycles. The Morgan fingerprint density at radius 3 is 2.13 bits per heavy atom. The lowest BCUT2D eigenvalue weighted by Crippen LogP contribution is -2.20. The average Bonchev–Trinajstić information content (AvgIpc) is 2.66. The van der Waals surface area contributed by atoms with Crippen LogP contribution in [0.4, 0.5) is 11.4 Å². The van der Waals surface area contributed by atoms with Crippen molar-refractivity contribution in [3.8, 4) is 0 Å². The largest absolute Gasteiger partial charge is 0.344 e. The Bertz CT molecular complexity index is 753. The Hall–Kier alpha value is -1.76. The van der Waals surface area contributed by atoms with Crippen LogP contribution in [-0.2, 0) is 10.8 Å². The molecule has 0 heterocycles. The highest BCUT2D eigenvalue weighted by Gasteiger charge is 2.43. The summed E-state index contributed by atoms with van der Waals surface area (Å²) in [6, 6.07) is 13.4. The summed E-state index contributed by atoms with van der Waals surface area (Å²) in [6.45, 7) is 13.9. The minimum atomic E-state index is 0.210. The van der Waals surface area contributed by atoms with Crippen molar-refractivity contribution >= 4 is 11.4 Å². The topological polar surface area (TPSA) is 3.24 Å². The third kappa shape index (κ3) is 2.47.